The number of hydrogen-bond acceptors (Lipinski definition) is 4. The number of aromatic nitrogens is 1. The Morgan fingerprint density at radius 3 is 2.76 bits per heavy atom. The maximum atomic E-state index is 14.0. The Labute approximate surface area is 122 Å². The van der Waals surface area contributed by atoms with E-state index in [1.165, 1.54) is 6.20 Å². The average Bonchev–Trinajstić information content (AvgIpc) is 2.75. The summed E-state index contributed by atoms with van der Waals surface area (Å²) in [5.41, 5.74) is 1.48. The normalized spacial score (nSPS) is 15.3. The lowest BCUT2D eigenvalue weighted by Crippen LogP contribution is -2.19. The molecule has 0 bridgehead atoms. The zero-order valence-corrected chi connectivity index (χ0v) is 11.8. The molecule has 110 valence electrons. The van der Waals surface area contributed by atoms with Gasteiger partial charge in [0.1, 0.15) is 5.82 Å². The molecule has 0 saturated carbocycles. The van der Waals surface area contributed by atoms with Crippen molar-refractivity contribution in [1.82, 2.24) is 10.3 Å². The molecule has 5 heteroatoms. The number of nitrogens with zero attached hydrogens (tertiary/aromatic N) is 1. The fourth-order valence-corrected chi connectivity index (χ4v) is 2.48. The van der Waals surface area contributed by atoms with Crippen LogP contribution in [0.3, 0.4) is 0 Å². The van der Waals surface area contributed by atoms with Crippen LogP contribution in [0.1, 0.15) is 23.6 Å². The van der Waals surface area contributed by atoms with Gasteiger partial charge in [0.2, 0.25) is 0 Å². The van der Waals surface area contributed by atoms with Gasteiger partial charge in [0.15, 0.2) is 11.5 Å². The molecule has 1 N–H and O–H groups in total. The van der Waals surface area contributed by atoms with Gasteiger partial charge >= 0.3 is 0 Å². The molecular formula is C16H17FN2O2. The highest BCUT2D eigenvalue weighted by molar-refractivity contribution is 5.46. The van der Waals surface area contributed by atoms with E-state index in [0.29, 0.717) is 24.5 Å². The zero-order chi connectivity index (χ0) is 14.7. The number of halogens is 1. The highest BCUT2D eigenvalue weighted by atomic mass is 19.1. The first-order chi connectivity index (χ1) is 10.3. The molecule has 0 radical (unpaired) electrons. The summed E-state index contributed by atoms with van der Waals surface area (Å²) in [6, 6.07) is 7.12. The van der Waals surface area contributed by atoms with E-state index >= 15 is 0 Å². The van der Waals surface area contributed by atoms with Gasteiger partial charge in [-0.2, -0.15) is 0 Å². The van der Waals surface area contributed by atoms with E-state index in [1.807, 2.05) is 18.2 Å². The lowest BCUT2D eigenvalue weighted by atomic mass is 9.99. The van der Waals surface area contributed by atoms with E-state index < -0.39 is 0 Å². The van der Waals surface area contributed by atoms with Crippen LogP contribution in [-0.2, 0) is 0 Å². The third-order valence-corrected chi connectivity index (χ3v) is 3.51. The molecule has 1 atom stereocenters. The molecule has 0 aliphatic carbocycles. The quantitative estimate of drug-likeness (QED) is 0.943. The number of ether oxygens (including phenoxy) is 2. The molecule has 0 fully saturated rings. The van der Waals surface area contributed by atoms with Crippen molar-refractivity contribution in [1.29, 1.82) is 0 Å². The standard InChI is InChI=1S/C16H17FN2O2/c1-18-16(12-5-6-19-10-13(12)17)11-3-4-14-15(9-11)21-8-2-7-20-14/h3-6,9-10,16,18H,2,7-8H2,1H3. The Morgan fingerprint density at radius 2 is 2.00 bits per heavy atom. The van der Waals surface area contributed by atoms with Crippen molar-refractivity contribution in [2.75, 3.05) is 20.3 Å². The van der Waals surface area contributed by atoms with Gasteiger partial charge in [-0.1, -0.05) is 6.07 Å². The van der Waals surface area contributed by atoms with Crippen LogP contribution < -0.4 is 14.8 Å². The van der Waals surface area contributed by atoms with Gasteiger partial charge in [0.25, 0.3) is 0 Å². The third kappa shape index (κ3) is 2.83. The van der Waals surface area contributed by atoms with Gasteiger partial charge in [0, 0.05) is 18.2 Å². The highest BCUT2D eigenvalue weighted by Gasteiger charge is 2.19. The van der Waals surface area contributed by atoms with Gasteiger partial charge in [-0.25, -0.2) is 4.39 Å². The lowest BCUT2D eigenvalue weighted by Gasteiger charge is -2.19. The first-order valence-electron chi connectivity index (χ1n) is 6.96. The predicted molar refractivity (Wildman–Crippen MR) is 77.1 cm³/mol. The van der Waals surface area contributed by atoms with Crippen LogP contribution >= 0.6 is 0 Å². The summed E-state index contributed by atoms with van der Waals surface area (Å²) in [6.07, 6.45) is 3.67. The molecule has 1 aromatic heterocycles. The second-order valence-corrected chi connectivity index (χ2v) is 4.88. The molecule has 4 nitrogen and oxygen atoms in total. The molecule has 2 aromatic rings. The van der Waals surface area contributed by atoms with Crippen LogP contribution in [0.5, 0.6) is 11.5 Å². The monoisotopic (exact) mass is 288 g/mol. The minimum atomic E-state index is -0.330. The number of hydrogen-bond donors (Lipinski definition) is 1. The molecular weight excluding hydrogens is 271 g/mol. The Kier molecular flexibility index (Phi) is 4.01. The molecule has 1 aliphatic heterocycles. The third-order valence-electron chi connectivity index (χ3n) is 3.51. The van der Waals surface area contributed by atoms with Gasteiger partial charge in [-0.05, 0) is 30.8 Å². The fraction of sp³-hybridized carbons (Fsp3) is 0.312. The second-order valence-electron chi connectivity index (χ2n) is 4.88. The van der Waals surface area contributed by atoms with Crippen molar-refractivity contribution in [2.45, 2.75) is 12.5 Å². The number of nitrogens with one attached hydrogen (secondary N) is 1. The maximum Gasteiger partial charge on any atom is 0.161 e. The minimum absolute atomic E-state index is 0.259. The van der Waals surface area contributed by atoms with Crippen molar-refractivity contribution in [3.63, 3.8) is 0 Å². The summed E-state index contributed by atoms with van der Waals surface area (Å²) in [5, 5.41) is 3.13. The smallest absolute Gasteiger partial charge is 0.161 e. The summed E-state index contributed by atoms with van der Waals surface area (Å²) in [4.78, 5) is 3.79. The Balaban J connectivity index is 1.98. The number of fused-ring (bicyclic) bond motifs is 1. The van der Waals surface area contributed by atoms with E-state index in [9.17, 15) is 4.39 Å². The van der Waals surface area contributed by atoms with Crippen molar-refractivity contribution in [3.8, 4) is 11.5 Å². The summed E-state index contributed by atoms with van der Waals surface area (Å²) < 4.78 is 25.3. The van der Waals surface area contributed by atoms with Crippen molar-refractivity contribution < 1.29 is 13.9 Å². The molecule has 1 unspecified atom stereocenters. The molecule has 0 saturated heterocycles. The Morgan fingerprint density at radius 1 is 1.19 bits per heavy atom. The first-order valence-corrected chi connectivity index (χ1v) is 6.96. The lowest BCUT2D eigenvalue weighted by molar-refractivity contribution is 0.297. The van der Waals surface area contributed by atoms with E-state index in [2.05, 4.69) is 10.3 Å². The van der Waals surface area contributed by atoms with Crippen LogP contribution in [-0.4, -0.2) is 25.2 Å². The summed E-state index contributed by atoms with van der Waals surface area (Å²) in [5.74, 6) is 1.12. The molecule has 1 aliphatic rings. The predicted octanol–water partition coefficient (Wildman–Crippen LogP) is 2.69. The van der Waals surface area contributed by atoms with E-state index in [1.54, 1.807) is 19.3 Å². The van der Waals surface area contributed by atoms with Crippen molar-refractivity contribution in [2.24, 2.45) is 0 Å². The van der Waals surface area contributed by atoms with Crippen molar-refractivity contribution >= 4 is 0 Å². The van der Waals surface area contributed by atoms with Crippen LogP contribution in [0.4, 0.5) is 4.39 Å². The summed E-state index contributed by atoms with van der Waals surface area (Å²) in [6.45, 7) is 1.28. The SMILES string of the molecule is CNC(c1ccc2c(c1)OCCCO2)c1ccncc1F. The van der Waals surface area contributed by atoms with E-state index in [4.69, 9.17) is 9.47 Å². The van der Waals surface area contributed by atoms with Crippen LogP contribution in [0.25, 0.3) is 0 Å². The second kappa shape index (κ2) is 6.10. The largest absolute Gasteiger partial charge is 0.490 e. The molecule has 21 heavy (non-hydrogen) atoms. The summed E-state index contributed by atoms with van der Waals surface area (Å²) >= 11 is 0. The van der Waals surface area contributed by atoms with Gasteiger partial charge < -0.3 is 14.8 Å². The van der Waals surface area contributed by atoms with E-state index in [0.717, 1.165) is 17.7 Å². The minimum Gasteiger partial charge on any atom is -0.490 e. The fourth-order valence-electron chi connectivity index (χ4n) is 2.48. The van der Waals surface area contributed by atoms with Gasteiger partial charge in [-0.3, -0.25) is 4.98 Å². The highest BCUT2D eigenvalue weighted by Crippen LogP contribution is 2.34. The van der Waals surface area contributed by atoms with E-state index in [-0.39, 0.29) is 11.9 Å². The molecule has 1 aromatic carbocycles. The van der Waals surface area contributed by atoms with Crippen LogP contribution in [0.2, 0.25) is 0 Å². The van der Waals surface area contributed by atoms with Crippen LogP contribution in [0.15, 0.2) is 36.7 Å². The maximum absolute atomic E-state index is 14.0. The molecule has 3 rings (SSSR count). The van der Waals surface area contributed by atoms with Gasteiger partial charge in [0.05, 0.1) is 25.5 Å². The molecule has 0 spiro atoms. The Bertz CT molecular complexity index is 633. The summed E-state index contributed by atoms with van der Waals surface area (Å²) in [7, 11) is 1.80. The first kappa shape index (κ1) is 13.8. The average molecular weight is 288 g/mol. The number of rotatable bonds is 3. The zero-order valence-electron chi connectivity index (χ0n) is 11.8. The number of pyridine rings is 1. The number of benzene rings is 1. The Hall–Kier alpha value is -2.14. The topological polar surface area (TPSA) is 43.4 Å². The molecule has 0 amide bonds. The van der Waals surface area contributed by atoms with Crippen LogP contribution in [0, 0.1) is 5.82 Å². The molecule has 2 heterocycles. The van der Waals surface area contributed by atoms with Crippen molar-refractivity contribution in [3.05, 3.63) is 53.6 Å². The van der Waals surface area contributed by atoms with Gasteiger partial charge in [-0.15, -0.1) is 0 Å².